The minimum absolute atomic E-state index is 0.0324. The van der Waals surface area contributed by atoms with E-state index in [1.54, 1.807) is 12.0 Å². The summed E-state index contributed by atoms with van der Waals surface area (Å²) in [5, 5.41) is 0.161. The van der Waals surface area contributed by atoms with Gasteiger partial charge in [0.2, 0.25) is 0 Å². The zero-order valence-corrected chi connectivity index (χ0v) is 14.1. The molecule has 112 valence electrons. The van der Waals surface area contributed by atoms with Gasteiger partial charge in [0, 0.05) is 13.5 Å². The molecule has 0 saturated carbocycles. The first kappa shape index (κ1) is 16.5. The SMILES string of the molecule is COC(=O)N1CC(O[Si](C)(C)C(C)(C)C)CC1OC. The lowest BCUT2D eigenvalue weighted by Crippen LogP contribution is -2.44. The first-order chi connectivity index (χ1) is 8.62. The maximum Gasteiger partial charge on any atom is 0.411 e. The molecule has 1 rings (SSSR count). The Hall–Kier alpha value is -0.593. The summed E-state index contributed by atoms with van der Waals surface area (Å²) in [6.07, 6.45) is 0.137. The largest absolute Gasteiger partial charge is 0.453 e. The maximum absolute atomic E-state index is 11.7. The summed E-state index contributed by atoms with van der Waals surface area (Å²) in [6, 6.07) is 0. The van der Waals surface area contributed by atoms with E-state index < -0.39 is 8.32 Å². The summed E-state index contributed by atoms with van der Waals surface area (Å²) in [6.45, 7) is 11.6. The molecule has 0 aromatic rings. The Morgan fingerprint density at radius 2 is 1.84 bits per heavy atom. The van der Waals surface area contributed by atoms with E-state index in [1.807, 2.05) is 0 Å². The van der Waals surface area contributed by atoms with Crippen molar-refractivity contribution in [3.8, 4) is 0 Å². The van der Waals surface area contributed by atoms with Gasteiger partial charge in [-0.3, -0.25) is 4.90 Å². The van der Waals surface area contributed by atoms with Crippen LogP contribution in [0.5, 0.6) is 0 Å². The number of carbonyl (C=O) groups is 1. The van der Waals surface area contributed by atoms with Crippen LogP contribution in [0, 0.1) is 0 Å². The van der Waals surface area contributed by atoms with Crippen molar-refractivity contribution in [2.45, 2.75) is 57.7 Å². The Labute approximate surface area is 117 Å². The predicted molar refractivity (Wildman–Crippen MR) is 76.6 cm³/mol. The number of hydrogen-bond donors (Lipinski definition) is 0. The number of likely N-dealkylation sites (tertiary alicyclic amines) is 1. The van der Waals surface area contributed by atoms with E-state index in [2.05, 4.69) is 33.9 Å². The van der Waals surface area contributed by atoms with Crippen LogP contribution in [0.15, 0.2) is 0 Å². The second-order valence-corrected chi connectivity index (χ2v) is 11.3. The van der Waals surface area contributed by atoms with E-state index in [0.717, 1.165) is 0 Å². The Bertz CT molecular complexity index is 327. The summed E-state index contributed by atoms with van der Waals surface area (Å²) >= 11 is 0. The molecule has 0 radical (unpaired) electrons. The molecule has 0 aromatic carbocycles. The van der Waals surface area contributed by atoms with Crippen LogP contribution in [0.2, 0.25) is 18.1 Å². The average Bonchev–Trinajstić information content (AvgIpc) is 2.68. The fourth-order valence-electron chi connectivity index (χ4n) is 1.98. The van der Waals surface area contributed by atoms with Gasteiger partial charge in [0.05, 0.1) is 19.8 Å². The molecule has 0 spiro atoms. The summed E-state index contributed by atoms with van der Waals surface area (Å²) in [7, 11) is 1.17. The van der Waals surface area contributed by atoms with Gasteiger partial charge in [0.15, 0.2) is 8.32 Å². The van der Waals surface area contributed by atoms with Gasteiger partial charge in [0.25, 0.3) is 0 Å². The van der Waals surface area contributed by atoms with Gasteiger partial charge in [-0.05, 0) is 18.1 Å². The second kappa shape index (κ2) is 5.81. The van der Waals surface area contributed by atoms with Crippen molar-refractivity contribution < 1.29 is 18.7 Å². The van der Waals surface area contributed by atoms with E-state index in [-0.39, 0.29) is 23.5 Å². The van der Waals surface area contributed by atoms with Crippen molar-refractivity contribution in [1.29, 1.82) is 0 Å². The van der Waals surface area contributed by atoms with Crippen LogP contribution in [0.4, 0.5) is 4.79 Å². The zero-order chi connectivity index (χ0) is 14.8. The maximum atomic E-state index is 11.7. The smallest absolute Gasteiger partial charge is 0.411 e. The number of hydrogen-bond acceptors (Lipinski definition) is 4. The number of ether oxygens (including phenoxy) is 2. The molecule has 0 bridgehead atoms. The average molecular weight is 289 g/mol. The molecule has 1 aliphatic heterocycles. The minimum Gasteiger partial charge on any atom is -0.453 e. The van der Waals surface area contributed by atoms with Gasteiger partial charge in [-0.15, -0.1) is 0 Å². The van der Waals surface area contributed by atoms with Crippen molar-refractivity contribution in [2.24, 2.45) is 0 Å². The van der Waals surface area contributed by atoms with Crippen LogP contribution in [0.25, 0.3) is 0 Å². The highest BCUT2D eigenvalue weighted by atomic mass is 28.4. The Morgan fingerprint density at radius 1 is 1.26 bits per heavy atom. The molecule has 1 aliphatic rings. The molecule has 2 unspecified atom stereocenters. The first-order valence-electron chi connectivity index (χ1n) is 6.67. The van der Waals surface area contributed by atoms with Crippen LogP contribution in [-0.2, 0) is 13.9 Å². The van der Waals surface area contributed by atoms with E-state index in [1.165, 1.54) is 7.11 Å². The van der Waals surface area contributed by atoms with Gasteiger partial charge < -0.3 is 13.9 Å². The fourth-order valence-corrected chi connectivity index (χ4v) is 3.33. The Balaban J connectivity index is 2.71. The van der Waals surface area contributed by atoms with E-state index in [4.69, 9.17) is 13.9 Å². The predicted octanol–water partition coefficient (Wildman–Crippen LogP) is 2.82. The molecular formula is C13H27NO4Si. The normalized spacial score (nSPS) is 24.7. The minimum atomic E-state index is -1.82. The van der Waals surface area contributed by atoms with Crippen molar-refractivity contribution in [3.63, 3.8) is 0 Å². The van der Waals surface area contributed by atoms with Crippen LogP contribution in [0.3, 0.4) is 0 Å². The Morgan fingerprint density at radius 3 is 2.26 bits per heavy atom. The number of methoxy groups -OCH3 is 2. The highest BCUT2D eigenvalue weighted by Crippen LogP contribution is 2.38. The molecule has 19 heavy (non-hydrogen) atoms. The van der Waals surface area contributed by atoms with Crippen molar-refractivity contribution >= 4 is 14.4 Å². The van der Waals surface area contributed by atoms with Crippen LogP contribution < -0.4 is 0 Å². The number of rotatable bonds is 3. The molecule has 1 saturated heterocycles. The van der Waals surface area contributed by atoms with Gasteiger partial charge in [-0.2, -0.15) is 0 Å². The molecule has 2 atom stereocenters. The fraction of sp³-hybridized carbons (Fsp3) is 0.923. The molecular weight excluding hydrogens is 262 g/mol. The summed E-state index contributed by atoms with van der Waals surface area (Å²) in [5.74, 6) is 0. The third-order valence-corrected chi connectivity index (χ3v) is 8.70. The number of nitrogens with zero attached hydrogens (tertiary/aromatic N) is 1. The molecule has 1 amide bonds. The Kier molecular flexibility index (Phi) is 5.03. The van der Waals surface area contributed by atoms with E-state index in [9.17, 15) is 4.79 Å². The van der Waals surface area contributed by atoms with E-state index in [0.29, 0.717) is 13.0 Å². The first-order valence-corrected chi connectivity index (χ1v) is 9.58. The summed E-state index contributed by atoms with van der Waals surface area (Å²) in [4.78, 5) is 13.3. The van der Waals surface area contributed by atoms with Crippen molar-refractivity contribution in [3.05, 3.63) is 0 Å². The van der Waals surface area contributed by atoms with Crippen LogP contribution >= 0.6 is 0 Å². The number of carbonyl (C=O) groups excluding carboxylic acids is 1. The highest BCUT2D eigenvalue weighted by Gasteiger charge is 2.43. The highest BCUT2D eigenvalue weighted by molar-refractivity contribution is 6.74. The second-order valence-electron chi connectivity index (χ2n) is 6.55. The third-order valence-electron chi connectivity index (χ3n) is 4.16. The molecule has 5 nitrogen and oxygen atoms in total. The lowest BCUT2D eigenvalue weighted by Gasteiger charge is -2.38. The monoisotopic (exact) mass is 289 g/mol. The van der Waals surface area contributed by atoms with Gasteiger partial charge >= 0.3 is 6.09 Å². The van der Waals surface area contributed by atoms with Gasteiger partial charge in [0.1, 0.15) is 6.23 Å². The van der Waals surface area contributed by atoms with Gasteiger partial charge in [-0.25, -0.2) is 4.79 Å². The number of amides is 1. The quantitative estimate of drug-likeness (QED) is 0.750. The molecule has 1 heterocycles. The molecule has 0 N–H and O–H groups in total. The van der Waals surface area contributed by atoms with Crippen molar-refractivity contribution in [2.75, 3.05) is 20.8 Å². The molecule has 0 aromatic heterocycles. The summed E-state index contributed by atoms with van der Waals surface area (Å²) < 4.78 is 16.4. The topological polar surface area (TPSA) is 48.0 Å². The van der Waals surface area contributed by atoms with Crippen LogP contribution in [0.1, 0.15) is 27.2 Å². The lowest BCUT2D eigenvalue weighted by molar-refractivity contribution is -0.00113. The molecule has 6 heteroatoms. The van der Waals surface area contributed by atoms with E-state index >= 15 is 0 Å². The van der Waals surface area contributed by atoms with Gasteiger partial charge in [-0.1, -0.05) is 20.8 Å². The standard InChI is InChI=1S/C13H27NO4Si/c1-13(2,3)19(6,7)18-10-8-11(16-4)14(9-10)12(15)17-5/h10-11H,8-9H2,1-7H3. The molecule has 0 aliphatic carbocycles. The zero-order valence-electron chi connectivity index (χ0n) is 13.1. The lowest BCUT2D eigenvalue weighted by atomic mass is 10.2. The van der Waals surface area contributed by atoms with Crippen molar-refractivity contribution in [1.82, 2.24) is 4.90 Å². The summed E-state index contributed by atoms with van der Waals surface area (Å²) in [5.41, 5.74) is 0. The third kappa shape index (κ3) is 3.70. The molecule has 1 fully saturated rings. The van der Waals surface area contributed by atoms with Crippen LogP contribution in [-0.4, -0.2) is 52.4 Å².